The van der Waals surface area contributed by atoms with E-state index >= 15 is 0 Å². The Labute approximate surface area is 226 Å². The van der Waals surface area contributed by atoms with Crippen molar-refractivity contribution >= 4 is 54.5 Å². The fourth-order valence-electron chi connectivity index (χ4n) is 4.90. The van der Waals surface area contributed by atoms with Crippen molar-refractivity contribution in [3.63, 3.8) is 0 Å². The highest BCUT2D eigenvalue weighted by Crippen LogP contribution is 2.25. The zero-order valence-electron chi connectivity index (χ0n) is 22.8. The van der Waals surface area contributed by atoms with Crippen LogP contribution in [-0.4, -0.2) is 33.8 Å². The van der Waals surface area contributed by atoms with Gasteiger partial charge in [-0.1, -0.05) is 121 Å². The molecule has 0 fully saturated rings. The van der Waals surface area contributed by atoms with Crippen molar-refractivity contribution in [1.82, 2.24) is 0 Å². The number of benzene rings is 4. The van der Waals surface area contributed by atoms with E-state index in [0.717, 1.165) is 10.4 Å². The molecule has 0 amide bonds. The van der Waals surface area contributed by atoms with Crippen LogP contribution in [-0.2, 0) is 12.3 Å². The van der Waals surface area contributed by atoms with Gasteiger partial charge in [0.05, 0.1) is 0 Å². The van der Waals surface area contributed by atoms with E-state index in [4.69, 9.17) is 12.3 Å². The van der Waals surface area contributed by atoms with Gasteiger partial charge in [0.25, 0.3) is 0 Å². The molecule has 7 heteroatoms. The van der Waals surface area contributed by atoms with Crippen LogP contribution in [0.4, 0.5) is 0 Å². The summed E-state index contributed by atoms with van der Waals surface area (Å²) in [4.78, 5) is 0. The SMILES string of the molecule is C[Si](C)(C)O[Si](C)(O[Si](C)(O[Si](C)(c1ccccc1)c1ccccc1)c1ccccc1)c1ccccc1. The lowest BCUT2D eigenvalue weighted by Crippen LogP contribution is -2.72. The minimum absolute atomic E-state index is 1.12. The Morgan fingerprint density at radius 1 is 0.351 bits per heavy atom. The number of hydrogen-bond acceptors (Lipinski definition) is 3. The zero-order chi connectivity index (χ0) is 26.6. The second-order valence-corrected chi connectivity index (χ2v) is 25.6. The Balaban J connectivity index is 1.88. The molecule has 0 radical (unpaired) electrons. The molecule has 0 heterocycles. The van der Waals surface area contributed by atoms with Gasteiger partial charge in [0.1, 0.15) is 0 Å². The van der Waals surface area contributed by atoms with E-state index in [1.807, 2.05) is 6.07 Å². The molecule has 192 valence electrons. The first kappa shape index (κ1) is 27.7. The zero-order valence-corrected chi connectivity index (χ0v) is 26.8. The van der Waals surface area contributed by atoms with E-state index in [-0.39, 0.29) is 0 Å². The normalized spacial score (nSPS) is 15.5. The van der Waals surface area contributed by atoms with Crippen molar-refractivity contribution in [2.24, 2.45) is 0 Å². The van der Waals surface area contributed by atoms with E-state index in [2.05, 4.69) is 155 Å². The molecule has 0 aromatic heterocycles. The van der Waals surface area contributed by atoms with Gasteiger partial charge < -0.3 is 12.3 Å². The Bertz CT molecular complexity index is 1230. The maximum absolute atomic E-state index is 7.54. The first-order chi connectivity index (χ1) is 17.5. The summed E-state index contributed by atoms with van der Waals surface area (Å²) in [6.07, 6.45) is 0. The first-order valence-corrected chi connectivity index (χ1v) is 23.3. The van der Waals surface area contributed by atoms with Gasteiger partial charge in [-0.2, -0.15) is 0 Å². The molecule has 0 bridgehead atoms. The Morgan fingerprint density at radius 3 is 0.973 bits per heavy atom. The monoisotopic (exact) mass is 558 g/mol. The molecule has 4 rings (SSSR count). The van der Waals surface area contributed by atoms with Gasteiger partial charge >= 0.3 is 17.1 Å². The third-order valence-electron chi connectivity index (χ3n) is 6.53. The first-order valence-electron chi connectivity index (χ1n) is 12.9. The van der Waals surface area contributed by atoms with E-state index in [9.17, 15) is 0 Å². The minimum Gasteiger partial charge on any atom is -0.433 e. The van der Waals surface area contributed by atoms with Gasteiger partial charge in [0.2, 0.25) is 8.32 Å². The second kappa shape index (κ2) is 11.2. The van der Waals surface area contributed by atoms with Crippen molar-refractivity contribution in [3.05, 3.63) is 121 Å². The molecule has 0 aliphatic carbocycles. The van der Waals surface area contributed by atoms with E-state index in [1.54, 1.807) is 0 Å². The molecule has 2 unspecified atom stereocenters. The van der Waals surface area contributed by atoms with Crippen LogP contribution in [0, 0.1) is 0 Å². The number of rotatable bonds is 10. The lowest BCUT2D eigenvalue weighted by molar-refractivity contribution is 0.346. The topological polar surface area (TPSA) is 27.7 Å². The third kappa shape index (κ3) is 6.56. The smallest absolute Gasteiger partial charge is 0.350 e. The van der Waals surface area contributed by atoms with E-state index in [1.165, 1.54) is 10.4 Å². The van der Waals surface area contributed by atoms with Crippen LogP contribution in [0.25, 0.3) is 0 Å². The van der Waals surface area contributed by atoms with Crippen molar-refractivity contribution < 1.29 is 12.3 Å². The molecule has 0 saturated carbocycles. The average molecular weight is 559 g/mol. The molecule has 0 aliphatic heterocycles. The molecule has 4 aromatic carbocycles. The van der Waals surface area contributed by atoms with Crippen LogP contribution < -0.4 is 20.7 Å². The highest BCUT2D eigenvalue weighted by atomic mass is 28.5. The molecule has 3 nitrogen and oxygen atoms in total. The molecule has 0 aliphatic rings. The quantitative estimate of drug-likeness (QED) is 0.250. The van der Waals surface area contributed by atoms with Crippen LogP contribution in [0.3, 0.4) is 0 Å². The predicted molar refractivity (Wildman–Crippen MR) is 166 cm³/mol. The predicted octanol–water partition coefficient (Wildman–Crippen LogP) is 5.22. The molecular weight excluding hydrogens is 521 g/mol. The van der Waals surface area contributed by atoms with Gasteiger partial charge in [0, 0.05) is 0 Å². The van der Waals surface area contributed by atoms with Crippen LogP contribution in [0.2, 0.25) is 39.3 Å². The van der Waals surface area contributed by atoms with Gasteiger partial charge in [-0.25, -0.2) is 0 Å². The summed E-state index contributed by atoms with van der Waals surface area (Å²) in [6, 6.07) is 42.4. The summed E-state index contributed by atoms with van der Waals surface area (Å²) in [6.45, 7) is 13.4. The molecule has 37 heavy (non-hydrogen) atoms. The second-order valence-electron chi connectivity index (χ2n) is 10.8. The highest BCUT2D eigenvalue weighted by Gasteiger charge is 2.51. The Hall–Kier alpha value is -2.37. The van der Waals surface area contributed by atoms with Gasteiger partial charge in [-0.3, -0.25) is 0 Å². The standard InChI is InChI=1S/C30H38O3Si4/c1-34(2,3)31-36(5,29-23-15-9-16-24-29)33-37(6,30-25-17-10-18-26-30)32-35(4,27-19-11-7-12-20-27)28-21-13-8-14-22-28/h7-26H,1-6H3. The van der Waals surface area contributed by atoms with Gasteiger partial charge in [-0.05, 0) is 60.0 Å². The summed E-state index contributed by atoms with van der Waals surface area (Å²) in [5.74, 6) is 0. The summed E-state index contributed by atoms with van der Waals surface area (Å²) in [7, 11) is -10.5. The summed E-state index contributed by atoms with van der Waals surface area (Å²) >= 11 is 0. The van der Waals surface area contributed by atoms with Crippen molar-refractivity contribution in [2.45, 2.75) is 39.3 Å². The lowest BCUT2D eigenvalue weighted by Gasteiger charge is -2.44. The molecule has 0 saturated heterocycles. The van der Waals surface area contributed by atoms with E-state index < -0.39 is 33.8 Å². The average Bonchev–Trinajstić information content (AvgIpc) is 2.89. The molecular formula is C30H38O3Si4. The van der Waals surface area contributed by atoms with Crippen LogP contribution in [0.1, 0.15) is 0 Å². The largest absolute Gasteiger partial charge is 0.433 e. The lowest BCUT2D eigenvalue weighted by atomic mass is 10.4. The Morgan fingerprint density at radius 2 is 0.649 bits per heavy atom. The van der Waals surface area contributed by atoms with Crippen molar-refractivity contribution in [1.29, 1.82) is 0 Å². The summed E-state index contributed by atoms with van der Waals surface area (Å²) < 4.78 is 21.9. The van der Waals surface area contributed by atoms with E-state index in [0.29, 0.717) is 0 Å². The third-order valence-corrected chi connectivity index (χ3v) is 22.5. The molecule has 0 spiro atoms. The molecule has 2 atom stereocenters. The molecule has 0 N–H and O–H groups in total. The van der Waals surface area contributed by atoms with Crippen molar-refractivity contribution in [3.8, 4) is 0 Å². The summed E-state index contributed by atoms with van der Waals surface area (Å²) in [5.41, 5.74) is 0. The van der Waals surface area contributed by atoms with Gasteiger partial charge in [0.15, 0.2) is 8.32 Å². The fourth-order valence-corrected chi connectivity index (χ4v) is 23.2. The summed E-state index contributed by atoms with van der Waals surface area (Å²) in [5, 5.41) is 4.72. The Kier molecular flexibility index (Phi) is 8.34. The van der Waals surface area contributed by atoms with Crippen LogP contribution >= 0.6 is 0 Å². The molecule has 4 aromatic rings. The maximum Gasteiger partial charge on any atom is 0.350 e. The van der Waals surface area contributed by atoms with Gasteiger partial charge in [-0.15, -0.1) is 0 Å². The highest BCUT2D eigenvalue weighted by molar-refractivity contribution is 7.05. The maximum atomic E-state index is 7.54. The minimum atomic E-state index is -3.02. The van der Waals surface area contributed by atoms with Crippen molar-refractivity contribution in [2.75, 3.05) is 0 Å². The fraction of sp³-hybridized carbons (Fsp3) is 0.200. The van der Waals surface area contributed by atoms with Crippen LogP contribution in [0.5, 0.6) is 0 Å². The van der Waals surface area contributed by atoms with Crippen LogP contribution in [0.15, 0.2) is 121 Å². The number of hydrogen-bond donors (Lipinski definition) is 0.